The molecule has 11 aromatic rings. The van der Waals surface area contributed by atoms with E-state index in [9.17, 15) is 0 Å². The number of fused-ring (bicyclic) bond motifs is 18. The van der Waals surface area contributed by atoms with Crippen LogP contribution in [0.15, 0.2) is 261 Å². The molecule has 2 spiro atoms. The zero-order chi connectivity index (χ0) is 46.7. The zero-order valence-corrected chi connectivity index (χ0v) is 38.6. The van der Waals surface area contributed by atoms with Crippen LogP contribution in [0, 0.1) is 0 Å². The minimum atomic E-state index is -0.608. The number of para-hydroxylation sites is 5. The highest BCUT2D eigenvalue weighted by molar-refractivity contribution is 5.95. The van der Waals surface area contributed by atoms with E-state index in [-0.39, 0.29) is 0 Å². The van der Waals surface area contributed by atoms with Gasteiger partial charge in [0, 0.05) is 39.2 Å². The molecule has 0 saturated heterocycles. The third kappa shape index (κ3) is 5.49. The van der Waals surface area contributed by atoms with Crippen molar-refractivity contribution in [3.05, 3.63) is 305 Å². The number of hydrogen-bond acceptors (Lipinski definition) is 3. The Balaban J connectivity index is 0.943. The summed E-state index contributed by atoms with van der Waals surface area (Å²) in [6.45, 7) is 0. The zero-order valence-electron chi connectivity index (χ0n) is 38.6. The SMILES string of the molecule is c1ccc(-c2ccccc2N(c2cccc(-c3ccc4c(c3)-c3ccccc3C43c4ccccc4Oc4ccccc43)c2)c2ccc3c(c2)C2(c4ccccc4Oc4ccccc42)c2ccccc2-3)cc1. The van der Waals surface area contributed by atoms with Crippen molar-refractivity contribution in [2.24, 2.45) is 0 Å². The molecule has 11 aromatic carbocycles. The summed E-state index contributed by atoms with van der Waals surface area (Å²) in [5, 5.41) is 0. The lowest BCUT2D eigenvalue weighted by Crippen LogP contribution is -2.32. The first-order chi connectivity index (χ1) is 35.2. The molecule has 0 aromatic heterocycles. The Morgan fingerprint density at radius 1 is 0.239 bits per heavy atom. The molecule has 15 rings (SSSR count). The Morgan fingerprint density at radius 3 is 1.27 bits per heavy atom. The Labute approximate surface area is 413 Å². The monoisotopic (exact) mass is 905 g/mol. The number of ether oxygens (including phenoxy) is 2. The Hall–Kier alpha value is -9.18. The molecule has 0 amide bonds. The standard InChI is InChI=1S/C68H43NO2/c1-2-19-44(20-3-1)49-23-6-13-32-62(49)69(48-38-39-52-50-24-4-7-26-54(50)68(61(52)43-48)59-30-11-16-35-65(59)71-66-36-17-12-31-60(66)68)47-22-18-21-45(41-47)46-37-40-56-53(42-46)51-25-5-8-27-55(51)67(56)57-28-9-14-33-63(57)70-64-34-15-10-29-58(64)67/h1-43H. The van der Waals surface area contributed by atoms with E-state index in [1.54, 1.807) is 0 Å². The van der Waals surface area contributed by atoms with Crippen molar-refractivity contribution < 1.29 is 9.47 Å². The van der Waals surface area contributed by atoms with Gasteiger partial charge in [-0.1, -0.05) is 200 Å². The maximum atomic E-state index is 6.73. The maximum Gasteiger partial charge on any atom is 0.132 e. The number of rotatable bonds is 5. The Bertz CT molecular complexity index is 3890. The van der Waals surface area contributed by atoms with Crippen molar-refractivity contribution in [2.45, 2.75) is 10.8 Å². The van der Waals surface area contributed by atoms with Crippen LogP contribution in [-0.2, 0) is 10.8 Å². The fraction of sp³-hybridized carbons (Fsp3) is 0.0294. The molecule has 0 atom stereocenters. The molecule has 4 aliphatic rings. The van der Waals surface area contributed by atoms with E-state index in [4.69, 9.17) is 9.47 Å². The van der Waals surface area contributed by atoms with Gasteiger partial charge in [-0.25, -0.2) is 0 Å². The third-order valence-corrected chi connectivity index (χ3v) is 15.6. The molecular weight excluding hydrogens is 863 g/mol. The lowest BCUT2D eigenvalue weighted by atomic mass is 9.66. The van der Waals surface area contributed by atoms with Crippen LogP contribution in [0.25, 0.3) is 44.5 Å². The van der Waals surface area contributed by atoms with Crippen LogP contribution in [-0.4, -0.2) is 0 Å². The summed E-state index contributed by atoms with van der Waals surface area (Å²) in [6, 6.07) is 95.1. The van der Waals surface area contributed by atoms with E-state index in [0.29, 0.717) is 0 Å². The van der Waals surface area contributed by atoms with Gasteiger partial charge in [-0.15, -0.1) is 0 Å². The first kappa shape index (κ1) is 39.8. The van der Waals surface area contributed by atoms with Crippen LogP contribution in [0.1, 0.15) is 44.5 Å². The molecule has 332 valence electrons. The molecule has 71 heavy (non-hydrogen) atoms. The molecule has 0 bridgehead atoms. The fourth-order valence-electron chi connectivity index (χ4n) is 12.8. The highest BCUT2D eigenvalue weighted by atomic mass is 16.5. The van der Waals surface area contributed by atoms with Crippen LogP contribution in [0.4, 0.5) is 17.1 Å². The van der Waals surface area contributed by atoms with Gasteiger partial charge in [0.25, 0.3) is 0 Å². The predicted molar refractivity (Wildman–Crippen MR) is 287 cm³/mol. The largest absolute Gasteiger partial charge is 0.457 e. The van der Waals surface area contributed by atoms with E-state index in [0.717, 1.165) is 73.4 Å². The van der Waals surface area contributed by atoms with E-state index in [2.05, 4.69) is 266 Å². The van der Waals surface area contributed by atoms with E-state index in [1.165, 1.54) is 55.6 Å². The van der Waals surface area contributed by atoms with Gasteiger partial charge in [0.1, 0.15) is 23.0 Å². The smallest absolute Gasteiger partial charge is 0.132 e. The average Bonchev–Trinajstić information content (AvgIpc) is 3.89. The second kappa shape index (κ2) is 15.2. The van der Waals surface area contributed by atoms with Gasteiger partial charge >= 0.3 is 0 Å². The number of anilines is 3. The number of hydrogen-bond donors (Lipinski definition) is 0. The van der Waals surface area contributed by atoms with Crippen molar-refractivity contribution >= 4 is 17.1 Å². The second-order valence-electron chi connectivity index (χ2n) is 19.0. The van der Waals surface area contributed by atoms with Crippen LogP contribution in [0.2, 0.25) is 0 Å². The summed E-state index contributed by atoms with van der Waals surface area (Å²) in [6.07, 6.45) is 0. The molecule has 2 aliphatic carbocycles. The summed E-state index contributed by atoms with van der Waals surface area (Å²) < 4.78 is 13.4. The van der Waals surface area contributed by atoms with Crippen molar-refractivity contribution in [2.75, 3.05) is 4.90 Å². The maximum absolute atomic E-state index is 6.73. The van der Waals surface area contributed by atoms with Gasteiger partial charge in [-0.3, -0.25) is 0 Å². The molecule has 0 fully saturated rings. The molecule has 0 unspecified atom stereocenters. The molecule has 2 heterocycles. The summed E-state index contributed by atoms with van der Waals surface area (Å²) in [7, 11) is 0. The average molecular weight is 906 g/mol. The van der Waals surface area contributed by atoms with Crippen LogP contribution >= 0.6 is 0 Å². The molecule has 3 nitrogen and oxygen atoms in total. The van der Waals surface area contributed by atoms with Gasteiger partial charge in [0.05, 0.1) is 16.5 Å². The lowest BCUT2D eigenvalue weighted by molar-refractivity contribution is 0.436. The molecule has 0 radical (unpaired) electrons. The van der Waals surface area contributed by atoms with Crippen LogP contribution in [0.3, 0.4) is 0 Å². The summed E-state index contributed by atoms with van der Waals surface area (Å²) in [5.41, 5.74) is 21.3. The molecule has 0 N–H and O–H groups in total. The first-order valence-corrected chi connectivity index (χ1v) is 24.5. The van der Waals surface area contributed by atoms with Crippen molar-refractivity contribution in [1.29, 1.82) is 0 Å². The molecule has 3 heteroatoms. The highest BCUT2D eigenvalue weighted by Crippen LogP contribution is 2.64. The lowest BCUT2D eigenvalue weighted by Gasteiger charge is -2.39. The molecule has 2 aliphatic heterocycles. The van der Waals surface area contributed by atoms with Gasteiger partial charge in [0.2, 0.25) is 0 Å². The van der Waals surface area contributed by atoms with Crippen molar-refractivity contribution in [1.82, 2.24) is 0 Å². The normalized spacial score (nSPS) is 14.1. The Morgan fingerprint density at radius 2 is 0.662 bits per heavy atom. The Kier molecular flexibility index (Phi) is 8.49. The van der Waals surface area contributed by atoms with Gasteiger partial charge in [-0.05, 0) is 122 Å². The van der Waals surface area contributed by atoms with Crippen LogP contribution < -0.4 is 14.4 Å². The fourth-order valence-corrected chi connectivity index (χ4v) is 12.8. The minimum absolute atomic E-state index is 0.522. The van der Waals surface area contributed by atoms with Crippen molar-refractivity contribution in [3.63, 3.8) is 0 Å². The van der Waals surface area contributed by atoms with Crippen LogP contribution in [0.5, 0.6) is 23.0 Å². The summed E-state index contributed by atoms with van der Waals surface area (Å²) in [5.74, 6) is 3.55. The number of benzene rings is 11. The quantitative estimate of drug-likeness (QED) is 0.172. The third-order valence-electron chi connectivity index (χ3n) is 15.6. The minimum Gasteiger partial charge on any atom is -0.457 e. The van der Waals surface area contributed by atoms with E-state index < -0.39 is 10.8 Å². The highest BCUT2D eigenvalue weighted by Gasteiger charge is 2.52. The second-order valence-corrected chi connectivity index (χ2v) is 19.0. The predicted octanol–water partition coefficient (Wildman–Crippen LogP) is 17.4. The van der Waals surface area contributed by atoms with Gasteiger partial charge in [0.15, 0.2) is 0 Å². The summed E-state index contributed by atoms with van der Waals surface area (Å²) >= 11 is 0. The van der Waals surface area contributed by atoms with E-state index >= 15 is 0 Å². The van der Waals surface area contributed by atoms with Crippen molar-refractivity contribution in [3.8, 4) is 67.5 Å². The number of nitrogens with zero attached hydrogens (tertiary/aromatic N) is 1. The topological polar surface area (TPSA) is 21.7 Å². The van der Waals surface area contributed by atoms with Gasteiger partial charge in [-0.2, -0.15) is 0 Å². The summed E-state index contributed by atoms with van der Waals surface area (Å²) in [4.78, 5) is 2.47. The molecule has 0 saturated carbocycles. The molecular formula is C68H43NO2. The first-order valence-electron chi connectivity index (χ1n) is 24.5. The van der Waals surface area contributed by atoms with E-state index in [1.807, 2.05) is 0 Å². The van der Waals surface area contributed by atoms with Gasteiger partial charge < -0.3 is 14.4 Å².